The molecule has 8 heteroatoms. The maximum Gasteiger partial charge on any atom is 0.253 e. The lowest BCUT2D eigenvalue weighted by atomic mass is 10.0. The number of nitrogens with one attached hydrogen (secondary N) is 1. The normalized spacial score (nSPS) is 15.8. The topological polar surface area (TPSA) is 61.5 Å². The Balaban J connectivity index is 1.31. The highest BCUT2D eigenvalue weighted by Crippen LogP contribution is 2.28. The van der Waals surface area contributed by atoms with Gasteiger partial charge >= 0.3 is 0 Å². The highest BCUT2D eigenvalue weighted by atomic mass is 19.2. The fraction of sp³-hybridized carbons (Fsp3) is 0.333. The molecule has 1 saturated heterocycles. The molecule has 4 rings (SSSR count). The van der Waals surface area contributed by atoms with Gasteiger partial charge in [0.15, 0.2) is 11.6 Å². The Hall–Kier alpha value is -3.42. The molecule has 1 N–H and O–H groups in total. The van der Waals surface area contributed by atoms with E-state index in [1.165, 1.54) is 6.07 Å². The van der Waals surface area contributed by atoms with Crippen molar-refractivity contribution in [1.82, 2.24) is 15.1 Å². The first-order valence-electron chi connectivity index (χ1n) is 10.6. The van der Waals surface area contributed by atoms with Crippen LogP contribution < -0.4 is 9.64 Å². The molecule has 1 amide bonds. The molecule has 0 aliphatic carbocycles. The summed E-state index contributed by atoms with van der Waals surface area (Å²) in [4.78, 5) is 16.8. The number of ether oxygens (including phenoxy) is 1. The van der Waals surface area contributed by atoms with Crippen molar-refractivity contribution in [2.24, 2.45) is 0 Å². The van der Waals surface area contributed by atoms with Gasteiger partial charge in [-0.2, -0.15) is 5.10 Å². The summed E-state index contributed by atoms with van der Waals surface area (Å²) in [5, 5.41) is 7.43. The number of anilines is 1. The molecule has 2 heterocycles. The van der Waals surface area contributed by atoms with Crippen LogP contribution in [-0.2, 0) is 6.42 Å². The zero-order valence-electron chi connectivity index (χ0n) is 18.1. The molecule has 0 spiro atoms. The maximum absolute atomic E-state index is 13.3. The number of hydrogen-bond donors (Lipinski definition) is 1. The summed E-state index contributed by atoms with van der Waals surface area (Å²) in [7, 11) is 3.90. The summed E-state index contributed by atoms with van der Waals surface area (Å²) in [5.41, 5.74) is 3.50. The lowest BCUT2D eigenvalue weighted by Gasteiger charge is -2.18. The number of aromatic amines is 1. The van der Waals surface area contributed by atoms with E-state index in [2.05, 4.69) is 10.2 Å². The molecule has 168 valence electrons. The fourth-order valence-corrected chi connectivity index (χ4v) is 3.85. The molecule has 6 nitrogen and oxygen atoms in total. The van der Waals surface area contributed by atoms with Crippen LogP contribution in [0.15, 0.2) is 48.5 Å². The molecular weight excluding hydrogens is 414 g/mol. The number of nitrogens with zero attached hydrogens (tertiary/aromatic N) is 3. The van der Waals surface area contributed by atoms with E-state index in [1.807, 2.05) is 54.2 Å². The highest BCUT2D eigenvalue weighted by molar-refractivity contribution is 5.95. The number of rotatable bonds is 7. The first kappa shape index (κ1) is 21.8. The number of halogens is 2. The second-order valence-corrected chi connectivity index (χ2v) is 8.17. The van der Waals surface area contributed by atoms with E-state index in [1.54, 1.807) is 0 Å². The Morgan fingerprint density at radius 3 is 2.81 bits per heavy atom. The van der Waals surface area contributed by atoms with Crippen molar-refractivity contribution < 1.29 is 18.3 Å². The third-order valence-corrected chi connectivity index (χ3v) is 5.69. The molecule has 0 saturated carbocycles. The molecule has 1 aromatic heterocycles. The molecule has 2 aromatic carbocycles. The van der Waals surface area contributed by atoms with Crippen LogP contribution in [0.2, 0.25) is 0 Å². The van der Waals surface area contributed by atoms with Crippen LogP contribution >= 0.6 is 0 Å². The van der Waals surface area contributed by atoms with Gasteiger partial charge in [0.2, 0.25) is 0 Å². The van der Waals surface area contributed by atoms with E-state index in [4.69, 9.17) is 4.74 Å². The fourth-order valence-electron chi connectivity index (χ4n) is 3.85. The highest BCUT2D eigenvalue weighted by Gasteiger charge is 2.29. The minimum Gasteiger partial charge on any atom is -0.493 e. The van der Waals surface area contributed by atoms with Crippen LogP contribution in [0.1, 0.15) is 34.1 Å². The Morgan fingerprint density at radius 2 is 2.03 bits per heavy atom. The summed E-state index contributed by atoms with van der Waals surface area (Å²) in [6.07, 6.45) is 1.41. The summed E-state index contributed by atoms with van der Waals surface area (Å²) in [5.74, 6) is -1.34. The van der Waals surface area contributed by atoms with Crippen LogP contribution in [0.5, 0.6) is 5.75 Å². The van der Waals surface area contributed by atoms with Crippen LogP contribution in [0.4, 0.5) is 14.5 Å². The van der Waals surface area contributed by atoms with E-state index in [0.29, 0.717) is 31.7 Å². The lowest BCUT2D eigenvalue weighted by Crippen LogP contribution is -2.28. The SMILES string of the molecule is CN(C)c1cccc(C(=O)N2CC[C@H](c3cc(CCOc4ccc(F)c(F)c4)[nH]n3)C2)c1. The lowest BCUT2D eigenvalue weighted by molar-refractivity contribution is 0.0790. The molecule has 32 heavy (non-hydrogen) atoms. The smallest absolute Gasteiger partial charge is 0.253 e. The molecule has 1 aliphatic rings. The van der Waals surface area contributed by atoms with E-state index in [-0.39, 0.29) is 17.6 Å². The second kappa shape index (κ2) is 9.38. The van der Waals surface area contributed by atoms with E-state index in [0.717, 1.165) is 35.6 Å². The zero-order chi connectivity index (χ0) is 22.7. The first-order valence-corrected chi connectivity index (χ1v) is 10.6. The summed E-state index contributed by atoms with van der Waals surface area (Å²) in [6.45, 7) is 1.63. The third kappa shape index (κ3) is 4.90. The largest absolute Gasteiger partial charge is 0.493 e. The number of H-pyrrole nitrogens is 1. The van der Waals surface area contributed by atoms with Gasteiger partial charge in [-0.3, -0.25) is 9.89 Å². The van der Waals surface area contributed by atoms with Gasteiger partial charge in [0.25, 0.3) is 5.91 Å². The predicted octanol–water partition coefficient (Wildman–Crippen LogP) is 4.01. The average molecular weight is 440 g/mol. The number of likely N-dealkylation sites (tertiary alicyclic amines) is 1. The van der Waals surface area contributed by atoms with Crippen molar-refractivity contribution in [2.45, 2.75) is 18.8 Å². The summed E-state index contributed by atoms with van der Waals surface area (Å²) >= 11 is 0. The molecule has 0 unspecified atom stereocenters. The Labute approximate surface area is 185 Å². The number of hydrogen-bond acceptors (Lipinski definition) is 4. The van der Waals surface area contributed by atoms with Crippen molar-refractivity contribution >= 4 is 11.6 Å². The van der Waals surface area contributed by atoms with Crippen molar-refractivity contribution in [3.63, 3.8) is 0 Å². The number of benzene rings is 2. The van der Waals surface area contributed by atoms with Crippen LogP contribution in [0.25, 0.3) is 0 Å². The zero-order valence-corrected chi connectivity index (χ0v) is 18.1. The number of amides is 1. The van der Waals surface area contributed by atoms with Crippen LogP contribution in [0.3, 0.4) is 0 Å². The van der Waals surface area contributed by atoms with E-state index < -0.39 is 11.6 Å². The van der Waals surface area contributed by atoms with Crippen LogP contribution in [0, 0.1) is 11.6 Å². The summed E-state index contributed by atoms with van der Waals surface area (Å²) in [6, 6.07) is 13.1. The standard InChI is InChI=1S/C24H26F2N4O2/c1-29(2)19-5-3-4-16(12-19)24(31)30-10-8-17(15-30)23-13-18(27-28-23)9-11-32-20-6-7-21(25)22(26)14-20/h3-7,12-14,17H,8-11,15H2,1-2H3,(H,27,28)/t17-/m0/s1. The van der Waals surface area contributed by atoms with Crippen molar-refractivity contribution in [1.29, 1.82) is 0 Å². The van der Waals surface area contributed by atoms with Gasteiger partial charge in [0.05, 0.1) is 12.3 Å². The predicted molar refractivity (Wildman–Crippen MR) is 118 cm³/mol. The van der Waals surface area contributed by atoms with Gasteiger partial charge in [0.1, 0.15) is 5.75 Å². The molecule has 0 bridgehead atoms. The van der Waals surface area contributed by atoms with Crippen molar-refractivity contribution in [3.05, 3.63) is 77.1 Å². The first-order chi connectivity index (χ1) is 15.4. The van der Waals surface area contributed by atoms with Gasteiger partial charge in [-0.15, -0.1) is 0 Å². The summed E-state index contributed by atoms with van der Waals surface area (Å²) < 4.78 is 31.7. The number of carbonyl (C=O) groups is 1. The van der Waals surface area contributed by atoms with Crippen molar-refractivity contribution in [2.75, 3.05) is 38.7 Å². The molecule has 3 aromatic rings. The van der Waals surface area contributed by atoms with Gasteiger partial charge in [-0.05, 0) is 42.8 Å². The maximum atomic E-state index is 13.3. The van der Waals surface area contributed by atoms with Gasteiger partial charge in [-0.25, -0.2) is 8.78 Å². The minimum atomic E-state index is -0.930. The van der Waals surface area contributed by atoms with Crippen molar-refractivity contribution in [3.8, 4) is 5.75 Å². The van der Waals surface area contributed by atoms with E-state index >= 15 is 0 Å². The Morgan fingerprint density at radius 1 is 1.19 bits per heavy atom. The number of aromatic nitrogens is 2. The molecule has 1 atom stereocenters. The average Bonchev–Trinajstić information content (AvgIpc) is 3.45. The van der Waals surface area contributed by atoms with Gasteiger partial charge in [0, 0.05) is 62.5 Å². The van der Waals surface area contributed by atoms with E-state index in [9.17, 15) is 13.6 Å². The molecule has 1 aliphatic heterocycles. The minimum absolute atomic E-state index is 0.0342. The van der Waals surface area contributed by atoms with Gasteiger partial charge < -0.3 is 14.5 Å². The Bertz CT molecular complexity index is 1100. The molecular formula is C24H26F2N4O2. The van der Waals surface area contributed by atoms with Gasteiger partial charge in [-0.1, -0.05) is 6.07 Å². The molecule has 0 radical (unpaired) electrons. The Kier molecular flexibility index (Phi) is 6.39. The number of carbonyl (C=O) groups excluding carboxylic acids is 1. The second-order valence-electron chi connectivity index (χ2n) is 8.17. The third-order valence-electron chi connectivity index (χ3n) is 5.69. The monoisotopic (exact) mass is 440 g/mol. The quantitative estimate of drug-likeness (QED) is 0.603. The molecule has 1 fully saturated rings. The van der Waals surface area contributed by atoms with Crippen LogP contribution in [-0.4, -0.2) is 54.8 Å².